The van der Waals surface area contributed by atoms with E-state index in [4.69, 9.17) is 4.74 Å². The average Bonchev–Trinajstić information content (AvgIpc) is 3.22. The Morgan fingerprint density at radius 3 is 2.58 bits per heavy atom. The van der Waals surface area contributed by atoms with E-state index in [1.54, 1.807) is 5.38 Å². The summed E-state index contributed by atoms with van der Waals surface area (Å²) in [5, 5.41) is 1.69. The molecule has 0 radical (unpaired) electrons. The van der Waals surface area contributed by atoms with Gasteiger partial charge in [0.15, 0.2) is 10.9 Å². The number of amides is 1. The highest BCUT2D eigenvalue weighted by Gasteiger charge is 2.21. The molecule has 11 heteroatoms. The van der Waals surface area contributed by atoms with E-state index < -0.39 is 29.1 Å². The number of anilines is 2. The Bertz CT molecular complexity index is 1210. The Kier molecular flexibility index (Phi) is 7.88. The number of methoxy groups -OCH3 is 1. The number of halogens is 4. The van der Waals surface area contributed by atoms with E-state index in [1.165, 1.54) is 44.4 Å². The first-order chi connectivity index (χ1) is 15.7. The van der Waals surface area contributed by atoms with Gasteiger partial charge in [0.25, 0.3) is 5.76 Å². The van der Waals surface area contributed by atoms with Gasteiger partial charge in [0.2, 0.25) is 5.91 Å². The van der Waals surface area contributed by atoms with Crippen molar-refractivity contribution in [1.82, 2.24) is 4.98 Å². The van der Waals surface area contributed by atoms with Crippen molar-refractivity contribution >= 4 is 51.7 Å². The third-order valence-corrected chi connectivity index (χ3v) is 5.85. The molecular weight excluding hydrogens is 480 g/mol. The number of ketones is 1. The van der Waals surface area contributed by atoms with E-state index in [0.717, 1.165) is 28.4 Å². The fourth-order valence-corrected chi connectivity index (χ4v) is 4.24. The Labute approximate surface area is 194 Å². The molecule has 1 heterocycles. The number of hydrogen-bond acceptors (Lipinski definition) is 6. The first-order valence-electron chi connectivity index (χ1n) is 9.26. The van der Waals surface area contributed by atoms with Gasteiger partial charge in [-0.2, -0.15) is 8.78 Å². The number of rotatable bonds is 8. The van der Waals surface area contributed by atoms with Crippen molar-refractivity contribution in [3.8, 4) is 5.75 Å². The summed E-state index contributed by atoms with van der Waals surface area (Å²) in [6, 6.07) is 6.97. The van der Waals surface area contributed by atoms with E-state index in [0.29, 0.717) is 23.5 Å². The quantitative estimate of drug-likeness (QED) is 0.158. The lowest BCUT2D eigenvalue weighted by atomic mass is 10.1. The monoisotopic (exact) mass is 496 g/mol. The maximum Gasteiger partial charge on any atom is 0.289 e. The van der Waals surface area contributed by atoms with Crippen LogP contribution in [0.4, 0.5) is 28.4 Å². The smallest absolute Gasteiger partial charge is 0.289 e. The second kappa shape index (κ2) is 10.6. The molecule has 0 unspecified atom stereocenters. The van der Waals surface area contributed by atoms with Crippen LogP contribution in [0.25, 0.3) is 6.08 Å². The molecule has 1 amide bonds. The van der Waals surface area contributed by atoms with E-state index in [9.17, 15) is 27.2 Å². The van der Waals surface area contributed by atoms with Crippen molar-refractivity contribution in [3.05, 3.63) is 70.7 Å². The molecule has 0 fully saturated rings. The Morgan fingerprint density at radius 1 is 1.18 bits per heavy atom. The van der Waals surface area contributed by atoms with Gasteiger partial charge in [-0.15, -0.1) is 11.3 Å². The summed E-state index contributed by atoms with van der Waals surface area (Å²) in [6.45, 7) is 1.21. The Morgan fingerprint density at radius 2 is 1.94 bits per heavy atom. The molecule has 2 aromatic carbocycles. The van der Waals surface area contributed by atoms with Crippen LogP contribution in [0.2, 0.25) is 0 Å². The van der Waals surface area contributed by atoms with Crippen molar-refractivity contribution < 1.29 is 31.9 Å². The highest BCUT2D eigenvalue weighted by molar-refractivity contribution is 7.99. The molecule has 0 saturated heterocycles. The lowest BCUT2D eigenvalue weighted by Gasteiger charge is -2.18. The number of alkyl halides is 2. The molecule has 0 aliphatic heterocycles. The van der Waals surface area contributed by atoms with Gasteiger partial charge in [0.05, 0.1) is 23.4 Å². The Balaban J connectivity index is 1.81. The van der Waals surface area contributed by atoms with Gasteiger partial charge in [0, 0.05) is 23.9 Å². The molecule has 33 heavy (non-hydrogen) atoms. The van der Waals surface area contributed by atoms with Crippen molar-refractivity contribution in [2.45, 2.75) is 17.6 Å². The Hall–Kier alpha value is -3.18. The molecule has 3 rings (SSSR count). The number of carbonyl (C=O) groups excluding carboxylic acids is 2. The third-order valence-electron chi connectivity index (χ3n) is 4.24. The summed E-state index contributed by atoms with van der Waals surface area (Å²) in [6.07, 6.45) is 2.63. The summed E-state index contributed by atoms with van der Waals surface area (Å²) in [7, 11) is 1.32. The van der Waals surface area contributed by atoms with Gasteiger partial charge < -0.3 is 4.74 Å². The number of nitrogens with zero attached hydrogens (tertiary/aromatic N) is 2. The molecule has 0 bridgehead atoms. The van der Waals surface area contributed by atoms with Crippen LogP contribution in [0.5, 0.6) is 5.75 Å². The molecule has 0 aliphatic carbocycles. The zero-order valence-electron chi connectivity index (χ0n) is 17.2. The van der Waals surface area contributed by atoms with Crippen molar-refractivity contribution in [2.24, 2.45) is 0 Å². The van der Waals surface area contributed by atoms with Gasteiger partial charge in [-0.1, -0.05) is 11.8 Å². The number of aromatic nitrogens is 1. The molecule has 0 N–H and O–H groups in total. The van der Waals surface area contributed by atoms with E-state index in [1.807, 2.05) is 0 Å². The van der Waals surface area contributed by atoms with E-state index in [2.05, 4.69) is 4.98 Å². The summed E-state index contributed by atoms with van der Waals surface area (Å²) < 4.78 is 57.7. The molecule has 172 valence electrons. The van der Waals surface area contributed by atoms with Crippen LogP contribution in [0.1, 0.15) is 23.0 Å². The summed E-state index contributed by atoms with van der Waals surface area (Å²) in [5.41, 5.74) is 0.392. The molecule has 0 aliphatic rings. The van der Waals surface area contributed by atoms with Crippen LogP contribution in [0, 0.1) is 11.6 Å². The molecule has 5 nitrogen and oxygen atoms in total. The third kappa shape index (κ3) is 5.99. The second-order valence-electron chi connectivity index (χ2n) is 6.45. The lowest BCUT2D eigenvalue weighted by Crippen LogP contribution is -2.23. The first kappa shape index (κ1) is 24.5. The van der Waals surface area contributed by atoms with Gasteiger partial charge in [0.1, 0.15) is 17.4 Å². The molecule has 0 spiro atoms. The van der Waals surface area contributed by atoms with Crippen molar-refractivity contribution in [1.29, 1.82) is 0 Å². The van der Waals surface area contributed by atoms with Crippen LogP contribution in [-0.4, -0.2) is 29.5 Å². The largest absolute Gasteiger partial charge is 0.496 e. The topological polar surface area (TPSA) is 59.5 Å². The molecule has 0 atom stereocenters. The van der Waals surface area contributed by atoms with Crippen LogP contribution in [-0.2, 0) is 4.79 Å². The average molecular weight is 497 g/mol. The second-order valence-corrected chi connectivity index (χ2v) is 8.32. The number of benzene rings is 2. The van der Waals surface area contributed by atoms with Crippen molar-refractivity contribution in [2.75, 3.05) is 12.0 Å². The number of carbonyl (C=O) groups is 2. The van der Waals surface area contributed by atoms with Crippen molar-refractivity contribution in [3.63, 3.8) is 0 Å². The fourth-order valence-electron chi connectivity index (χ4n) is 2.80. The maximum atomic E-state index is 14.2. The lowest BCUT2D eigenvalue weighted by molar-refractivity contribution is -0.115. The van der Waals surface area contributed by atoms with Gasteiger partial charge in [-0.3, -0.25) is 14.5 Å². The number of ether oxygens (including phenoxy) is 1. The number of hydrogen-bond donors (Lipinski definition) is 0. The molecular formula is C22H16F4N2O3S2. The minimum absolute atomic E-state index is 0.134. The molecule has 0 saturated carbocycles. The van der Waals surface area contributed by atoms with Gasteiger partial charge >= 0.3 is 0 Å². The van der Waals surface area contributed by atoms with Gasteiger partial charge in [-0.05, 0) is 42.5 Å². The zero-order chi connectivity index (χ0) is 24.1. The SMILES string of the molecule is COc1cc(C(=O)/C=C/c2csc(N(C(C)=O)c3ccc(F)cc3F)n2)ccc1SC(F)F. The minimum atomic E-state index is -2.63. The first-order valence-corrected chi connectivity index (χ1v) is 11.0. The standard InChI is InChI=1S/C22H16F4N2O3S2/c1-12(29)28(17-6-4-14(23)10-16(17)24)22-27-15(11-32-22)5-7-18(30)13-3-8-20(33-21(25)26)19(9-13)31-2/h3-11,21H,1-2H3/b7-5+. The molecule has 1 aromatic heterocycles. The van der Waals surface area contributed by atoms with Crippen LogP contribution in [0.3, 0.4) is 0 Å². The number of thiazole rings is 1. The number of thioether (sulfide) groups is 1. The predicted molar refractivity (Wildman–Crippen MR) is 120 cm³/mol. The fraction of sp³-hybridized carbons (Fsp3) is 0.136. The summed E-state index contributed by atoms with van der Waals surface area (Å²) in [4.78, 5) is 30.0. The van der Waals surface area contributed by atoms with Crippen LogP contribution in [0.15, 0.2) is 52.7 Å². The molecule has 3 aromatic rings. The summed E-state index contributed by atoms with van der Waals surface area (Å²) in [5.74, 6) is -5.14. The highest BCUT2D eigenvalue weighted by Crippen LogP contribution is 2.34. The van der Waals surface area contributed by atoms with Crippen LogP contribution < -0.4 is 9.64 Å². The number of allylic oxidation sites excluding steroid dienone is 1. The summed E-state index contributed by atoms with van der Waals surface area (Å²) >= 11 is 1.34. The highest BCUT2D eigenvalue weighted by atomic mass is 32.2. The van der Waals surface area contributed by atoms with Crippen LogP contribution >= 0.6 is 23.1 Å². The van der Waals surface area contributed by atoms with E-state index in [-0.39, 0.29) is 27.0 Å². The normalized spacial score (nSPS) is 11.2. The minimum Gasteiger partial charge on any atom is -0.496 e. The predicted octanol–water partition coefficient (Wildman–Crippen LogP) is 6.33. The van der Waals surface area contributed by atoms with Gasteiger partial charge in [-0.25, -0.2) is 13.8 Å². The van der Waals surface area contributed by atoms with E-state index >= 15 is 0 Å². The maximum absolute atomic E-state index is 14.2. The zero-order valence-corrected chi connectivity index (χ0v) is 18.9.